The van der Waals surface area contributed by atoms with Crippen LogP contribution in [0, 0.1) is 12.3 Å². The van der Waals surface area contributed by atoms with Crippen molar-refractivity contribution >= 4 is 27.7 Å². The van der Waals surface area contributed by atoms with Gasteiger partial charge in [-0.05, 0) is 26.3 Å². The van der Waals surface area contributed by atoms with Crippen molar-refractivity contribution in [1.82, 2.24) is 0 Å². The van der Waals surface area contributed by atoms with Gasteiger partial charge in [-0.2, -0.15) is 0 Å². The third-order valence-corrected chi connectivity index (χ3v) is 3.76. The first-order valence-corrected chi connectivity index (χ1v) is 7.41. The fourth-order valence-electron chi connectivity index (χ4n) is 1.71. The van der Waals surface area contributed by atoms with Crippen LogP contribution in [0.1, 0.15) is 32.8 Å². The minimum atomic E-state index is -1.50. The van der Waals surface area contributed by atoms with Crippen LogP contribution in [-0.4, -0.2) is 21.7 Å². The summed E-state index contributed by atoms with van der Waals surface area (Å²) in [4.78, 5) is 24.8. The Morgan fingerprint density at radius 1 is 1.24 bits per heavy atom. The van der Waals surface area contributed by atoms with E-state index in [1.165, 1.54) is 0 Å². The van der Waals surface area contributed by atoms with Crippen molar-refractivity contribution in [3.8, 4) is 12.3 Å². The molecule has 21 heavy (non-hydrogen) atoms. The maximum atomic E-state index is 12.5. The number of rotatable bonds is 5. The zero-order valence-corrected chi connectivity index (χ0v) is 14.1. The number of esters is 1. The number of benzene rings is 1. The molecule has 0 radical (unpaired) electrons. The Morgan fingerprint density at radius 3 is 2.29 bits per heavy atom. The van der Waals surface area contributed by atoms with Gasteiger partial charge in [-0.15, -0.1) is 12.3 Å². The second-order valence-electron chi connectivity index (χ2n) is 5.77. The lowest BCUT2D eigenvalue weighted by molar-refractivity contribution is -0.159. The third-order valence-electron chi connectivity index (χ3n) is 2.72. The van der Waals surface area contributed by atoms with E-state index in [-0.39, 0.29) is 18.6 Å². The maximum Gasteiger partial charge on any atom is 0.332 e. The van der Waals surface area contributed by atoms with Gasteiger partial charge >= 0.3 is 5.97 Å². The Bertz CT molecular complexity index is 552. The largest absolute Gasteiger partial charge is 0.459 e. The summed E-state index contributed by atoms with van der Waals surface area (Å²) in [6.45, 7) is 5.24. The highest BCUT2D eigenvalue weighted by Crippen LogP contribution is 2.29. The molecule has 0 aliphatic carbocycles. The molecule has 1 unspecified atom stereocenters. The standard InChI is InChI=1S/C17H19BrO3/c1-5-11-17(18,15(20)21-16(2,3)4)14(19)12-13-9-7-6-8-10-13/h1,6-10H,11-12H2,2-4H3. The summed E-state index contributed by atoms with van der Waals surface area (Å²) < 4.78 is 3.82. The zero-order chi connectivity index (χ0) is 16.1. The van der Waals surface area contributed by atoms with Gasteiger partial charge in [0, 0.05) is 12.8 Å². The Kier molecular flexibility index (Phi) is 5.74. The van der Waals surface area contributed by atoms with Gasteiger partial charge in [-0.25, -0.2) is 4.79 Å². The van der Waals surface area contributed by atoms with Crippen molar-refractivity contribution in [2.24, 2.45) is 0 Å². The molecule has 0 heterocycles. The third kappa shape index (κ3) is 5.02. The van der Waals surface area contributed by atoms with E-state index in [0.717, 1.165) is 5.56 Å². The molecule has 0 bridgehead atoms. The summed E-state index contributed by atoms with van der Waals surface area (Å²) in [6, 6.07) is 9.21. The molecule has 0 amide bonds. The molecule has 1 rings (SSSR count). The number of hydrogen-bond acceptors (Lipinski definition) is 3. The summed E-state index contributed by atoms with van der Waals surface area (Å²) in [7, 11) is 0. The zero-order valence-electron chi connectivity index (χ0n) is 12.5. The van der Waals surface area contributed by atoms with Crippen LogP contribution in [0.5, 0.6) is 0 Å². The molecule has 1 aromatic carbocycles. The Morgan fingerprint density at radius 2 is 1.81 bits per heavy atom. The van der Waals surface area contributed by atoms with Crippen molar-refractivity contribution in [2.45, 2.75) is 43.5 Å². The lowest BCUT2D eigenvalue weighted by Gasteiger charge is -2.27. The number of ether oxygens (including phenoxy) is 1. The summed E-state index contributed by atoms with van der Waals surface area (Å²) in [5, 5.41) is 0. The molecule has 4 heteroatoms. The van der Waals surface area contributed by atoms with Gasteiger partial charge in [0.15, 0.2) is 10.1 Å². The molecule has 1 aromatic rings. The van der Waals surface area contributed by atoms with Crippen LogP contribution in [0.2, 0.25) is 0 Å². The van der Waals surface area contributed by atoms with Crippen LogP contribution < -0.4 is 0 Å². The minimum Gasteiger partial charge on any atom is -0.459 e. The second-order valence-corrected chi connectivity index (χ2v) is 7.12. The van der Waals surface area contributed by atoms with E-state index < -0.39 is 15.9 Å². The van der Waals surface area contributed by atoms with Gasteiger partial charge in [0.2, 0.25) is 0 Å². The van der Waals surface area contributed by atoms with E-state index in [9.17, 15) is 9.59 Å². The minimum absolute atomic E-state index is 0.0480. The van der Waals surface area contributed by atoms with Crippen LogP contribution in [0.4, 0.5) is 0 Å². The number of carbonyl (C=O) groups is 2. The molecular weight excluding hydrogens is 332 g/mol. The summed E-state index contributed by atoms with van der Waals surface area (Å²) in [6.07, 6.45) is 5.38. The van der Waals surface area contributed by atoms with Crippen molar-refractivity contribution in [2.75, 3.05) is 0 Å². The summed E-state index contributed by atoms with van der Waals surface area (Å²) in [5.74, 6) is 1.42. The van der Waals surface area contributed by atoms with E-state index in [0.29, 0.717) is 0 Å². The molecule has 0 aliphatic heterocycles. The van der Waals surface area contributed by atoms with Crippen molar-refractivity contribution in [3.05, 3.63) is 35.9 Å². The number of halogens is 1. The Hall–Kier alpha value is -1.60. The van der Waals surface area contributed by atoms with Crippen LogP contribution in [0.15, 0.2) is 30.3 Å². The summed E-state index contributed by atoms with van der Waals surface area (Å²) >= 11 is 3.22. The molecule has 3 nitrogen and oxygen atoms in total. The number of ketones is 1. The average molecular weight is 351 g/mol. The smallest absolute Gasteiger partial charge is 0.332 e. The molecule has 0 saturated carbocycles. The fraction of sp³-hybridized carbons (Fsp3) is 0.412. The number of carbonyl (C=O) groups excluding carboxylic acids is 2. The number of terminal acetylenes is 1. The lowest BCUT2D eigenvalue weighted by atomic mass is 9.94. The van der Waals surface area contributed by atoms with Crippen molar-refractivity contribution < 1.29 is 14.3 Å². The van der Waals surface area contributed by atoms with Crippen LogP contribution in [0.25, 0.3) is 0 Å². The van der Waals surface area contributed by atoms with Gasteiger partial charge in [-0.1, -0.05) is 46.3 Å². The molecular formula is C17H19BrO3. The fourth-order valence-corrected chi connectivity index (χ4v) is 2.09. The molecule has 0 spiro atoms. The van der Waals surface area contributed by atoms with Gasteiger partial charge in [0.25, 0.3) is 0 Å². The predicted molar refractivity (Wildman–Crippen MR) is 86.1 cm³/mol. The highest BCUT2D eigenvalue weighted by molar-refractivity contribution is 9.10. The monoisotopic (exact) mass is 350 g/mol. The van der Waals surface area contributed by atoms with Crippen molar-refractivity contribution in [1.29, 1.82) is 0 Å². The Labute approximate surface area is 134 Å². The number of hydrogen-bond donors (Lipinski definition) is 0. The van der Waals surface area contributed by atoms with E-state index in [1.807, 2.05) is 30.3 Å². The topological polar surface area (TPSA) is 43.4 Å². The molecule has 0 N–H and O–H groups in total. The number of alkyl halides is 1. The highest BCUT2D eigenvalue weighted by Gasteiger charge is 2.45. The normalized spacial score (nSPS) is 13.9. The molecule has 0 saturated heterocycles. The maximum absolute atomic E-state index is 12.5. The SMILES string of the molecule is C#CCC(Br)(C(=O)Cc1ccccc1)C(=O)OC(C)(C)C. The van der Waals surface area contributed by atoms with Crippen molar-refractivity contribution in [3.63, 3.8) is 0 Å². The van der Waals surface area contributed by atoms with E-state index >= 15 is 0 Å². The molecule has 0 fully saturated rings. The van der Waals surface area contributed by atoms with E-state index in [2.05, 4.69) is 21.9 Å². The lowest BCUT2D eigenvalue weighted by Crippen LogP contribution is -2.45. The van der Waals surface area contributed by atoms with Crippen LogP contribution in [-0.2, 0) is 20.7 Å². The molecule has 0 aromatic heterocycles. The molecule has 112 valence electrons. The van der Waals surface area contributed by atoms with Crippen LogP contribution in [0.3, 0.4) is 0 Å². The molecule has 1 atom stereocenters. The molecule has 0 aliphatic rings. The van der Waals surface area contributed by atoms with Gasteiger partial charge < -0.3 is 4.74 Å². The van der Waals surface area contributed by atoms with Gasteiger partial charge in [-0.3, -0.25) is 4.79 Å². The average Bonchev–Trinajstić information content (AvgIpc) is 2.38. The Balaban J connectivity index is 2.96. The van der Waals surface area contributed by atoms with E-state index in [4.69, 9.17) is 11.2 Å². The highest BCUT2D eigenvalue weighted by atomic mass is 79.9. The van der Waals surface area contributed by atoms with Crippen LogP contribution >= 0.6 is 15.9 Å². The van der Waals surface area contributed by atoms with Gasteiger partial charge in [0.05, 0.1) is 0 Å². The quantitative estimate of drug-likeness (QED) is 0.354. The predicted octanol–water partition coefficient (Wildman–Crippen LogP) is 3.30. The first-order valence-electron chi connectivity index (χ1n) is 6.62. The first-order chi connectivity index (χ1) is 9.69. The second kappa shape index (κ2) is 6.91. The van der Waals surface area contributed by atoms with E-state index in [1.54, 1.807) is 20.8 Å². The summed E-state index contributed by atoms with van der Waals surface area (Å²) in [5.41, 5.74) is 0.143. The first kappa shape index (κ1) is 17.5. The number of Topliss-reactive ketones (excluding diaryl/α,β-unsaturated/α-hetero) is 1. The van der Waals surface area contributed by atoms with Gasteiger partial charge in [0.1, 0.15) is 5.60 Å².